The van der Waals surface area contributed by atoms with Gasteiger partial charge in [-0.2, -0.15) is 0 Å². The monoisotopic (exact) mass is 723 g/mol. The molecular weight excluding hydrogens is 691 g/mol. The van der Waals surface area contributed by atoms with Crippen molar-refractivity contribution in [2.75, 3.05) is 4.90 Å². The van der Waals surface area contributed by atoms with Gasteiger partial charge in [-0.05, 0) is 111 Å². The van der Waals surface area contributed by atoms with E-state index in [1.54, 1.807) is 0 Å². The van der Waals surface area contributed by atoms with E-state index in [-0.39, 0.29) is 0 Å². The molecule has 55 heavy (non-hydrogen) atoms. The Kier molecular flexibility index (Phi) is 6.38. The lowest BCUT2D eigenvalue weighted by Crippen LogP contribution is -2.15. The Morgan fingerprint density at radius 2 is 0.873 bits per heavy atom. The van der Waals surface area contributed by atoms with Crippen molar-refractivity contribution in [2.24, 2.45) is 0 Å². The zero-order valence-electron chi connectivity index (χ0n) is 30.2. The van der Waals surface area contributed by atoms with E-state index < -0.39 is 0 Å². The van der Waals surface area contributed by atoms with Gasteiger partial charge in [0.1, 0.15) is 11.2 Å². The van der Waals surface area contributed by atoms with E-state index in [1.165, 1.54) is 64.5 Å². The first-order valence-electron chi connectivity index (χ1n) is 18.8. The summed E-state index contributed by atoms with van der Waals surface area (Å²) in [5, 5.41) is 7.33. The van der Waals surface area contributed by atoms with E-state index in [0.29, 0.717) is 0 Å². The third-order valence-electron chi connectivity index (χ3n) is 11.4. The number of hydrogen-bond donors (Lipinski definition) is 0. The maximum absolute atomic E-state index is 6.27. The number of fused-ring (bicyclic) bond motifs is 11. The Morgan fingerprint density at radius 3 is 1.47 bits per heavy atom. The summed E-state index contributed by atoms with van der Waals surface area (Å²) in [6.07, 6.45) is 0. The second-order valence-corrected chi connectivity index (χ2v) is 15.9. The number of aryl methyl sites for hydroxylation is 2. The largest absolute Gasteiger partial charge is 0.456 e. The Hall–Kier alpha value is -6.69. The molecule has 8 aromatic carbocycles. The smallest absolute Gasteiger partial charge is 0.135 e. The minimum atomic E-state index is 0.894. The van der Waals surface area contributed by atoms with Crippen LogP contribution >= 0.6 is 11.8 Å². The van der Waals surface area contributed by atoms with Crippen molar-refractivity contribution in [1.82, 2.24) is 9.13 Å². The summed E-state index contributed by atoms with van der Waals surface area (Å²) in [5.74, 6) is 0. The molecule has 3 aromatic heterocycles. The zero-order chi connectivity index (χ0) is 36.4. The predicted molar refractivity (Wildman–Crippen MR) is 231 cm³/mol. The lowest BCUT2D eigenvalue weighted by molar-refractivity contribution is 0.669. The van der Waals surface area contributed by atoms with Gasteiger partial charge in [0, 0.05) is 59.2 Å². The van der Waals surface area contributed by atoms with Gasteiger partial charge in [0.25, 0.3) is 0 Å². The molecule has 11 aromatic rings. The highest BCUT2D eigenvalue weighted by atomic mass is 32.2. The zero-order valence-corrected chi connectivity index (χ0v) is 31.1. The lowest BCUT2D eigenvalue weighted by Gasteiger charge is -2.33. The molecule has 0 N–H and O–H groups in total. The summed E-state index contributed by atoms with van der Waals surface area (Å²) < 4.78 is 11.1. The van der Waals surface area contributed by atoms with Crippen molar-refractivity contribution >= 4 is 94.4 Å². The van der Waals surface area contributed by atoms with Crippen LogP contribution < -0.4 is 4.90 Å². The number of nitrogens with zero attached hydrogens (tertiary/aromatic N) is 3. The molecule has 0 unspecified atom stereocenters. The number of para-hydroxylation sites is 3. The first-order chi connectivity index (χ1) is 27.1. The van der Waals surface area contributed by atoms with Crippen LogP contribution in [0.2, 0.25) is 0 Å². The molecule has 12 rings (SSSR count). The van der Waals surface area contributed by atoms with Crippen molar-refractivity contribution in [3.63, 3.8) is 0 Å². The molecule has 0 amide bonds. The van der Waals surface area contributed by atoms with Gasteiger partial charge in [-0.15, -0.1) is 0 Å². The van der Waals surface area contributed by atoms with Gasteiger partial charge in [0.15, 0.2) is 0 Å². The fourth-order valence-corrected chi connectivity index (χ4v) is 10.1. The number of aromatic nitrogens is 2. The normalized spacial score (nSPS) is 12.8. The van der Waals surface area contributed by atoms with Gasteiger partial charge >= 0.3 is 0 Å². The molecule has 0 radical (unpaired) electrons. The third-order valence-corrected chi connectivity index (χ3v) is 12.5. The van der Waals surface area contributed by atoms with Crippen LogP contribution in [0.5, 0.6) is 0 Å². The molecule has 0 spiro atoms. The van der Waals surface area contributed by atoms with Crippen LogP contribution in [0.4, 0.5) is 17.1 Å². The van der Waals surface area contributed by atoms with Gasteiger partial charge < -0.3 is 18.5 Å². The van der Waals surface area contributed by atoms with E-state index in [4.69, 9.17) is 4.42 Å². The maximum atomic E-state index is 6.27. The van der Waals surface area contributed by atoms with E-state index >= 15 is 0 Å². The Morgan fingerprint density at radius 1 is 0.382 bits per heavy atom. The van der Waals surface area contributed by atoms with Crippen LogP contribution in [0.3, 0.4) is 0 Å². The molecule has 0 bridgehead atoms. The molecule has 1 aliphatic rings. The minimum Gasteiger partial charge on any atom is -0.456 e. The van der Waals surface area contributed by atoms with Gasteiger partial charge in [-0.25, -0.2) is 0 Å². The van der Waals surface area contributed by atoms with E-state index in [2.05, 4.69) is 180 Å². The van der Waals surface area contributed by atoms with Crippen LogP contribution in [0.1, 0.15) is 11.1 Å². The summed E-state index contributed by atoms with van der Waals surface area (Å²) in [7, 11) is 0. The standard InChI is InChI=1S/C50H33N3OS/c1-30-15-20-43-38(25-30)39-26-31(2)16-21-44(39)52(43)34-18-23-46-50(29-34)55-49-28-33(51-41-12-6-3-9-35(41)36-10-4-7-13-42(36)51)17-22-45(49)53(46)32-19-24-48-40(27-32)37-11-5-8-14-47(37)54-48/h3-29H,1-2H3. The van der Waals surface area contributed by atoms with Crippen molar-refractivity contribution in [3.8, 4) is 11.4 Å². The molecule has 5 heteroatoms. The van der Waals surface area contributed by atoms with Crippen LogP contribution in [0, 0.1) is 13.8 Å². The molecule has 4 nitrogen and oxygen atoms in total. The summed E-state index contributed by atoms with van der Waals surface area (Å²) in [4.78, 5) is 4.84. The number of rotatable bonds is 3. The van der Waals surface area contributed by atoms with E-state index in [9.17, 15) is 0 Å². The molecule has 0 saturated heterocycles. The van der Waals surface area contributed by atoms with Crippen molar-refractivity contribution in [2.45, 2.75) is 23.6 Å². The number of furan rings is 1. The highest BCUT2D eigenvalue weighted by molar-refractivity contribution is 7.99. The molecular formula is C50H33N3OS. The fourth-order valence-electron chi connectivity index (χ4n) is 8.93. The predicted octanol–water partition coefficient (Wildman–Crippen LogP) is 14.3. The van der Waals surface area contributed by atoms with E-state index in [1.807, 2.05) is 23.9 Å². The highest BCUT2D eigenvalue weighted by Gasteiger charge is 2.28. The molecule has 0 fully saturated rings. The fraction of sp³-hybridized carbons (Fsp3) is 0.0400. The first-order valence-corrected chi connectivity index (χ1v) is 19.6. The SMILES string of the molecule is Cc1ccc2c(c1)c1cc(C)ccc1n2-c1ccc2c(c1)Sc1cc(-n3c4ccccc4c4ccccc43)ccc1N2c1ccc2oc3ccccc3c2c1. The maximum Gasteiger partial charge on any atom is 0.135 e. The average Bonchev–Trinajstić information content (AvgIpc) is 3.86. The van der Waals surface area contributed by atoms with Crippen LogP contribution in [-0.2, 0) is 0 Å². The van der Waals surface area contributed by atoms with Crippen LogP contribution in [0.15, 0.2) is 178 Å². The van der Waals surface area contributed by atoms with Crippen LogP contribution in [0.25, 0.3) is 76.9 Å². The van der Waals surface area contributed by atoms with Crippen molar-refractivity contribution in [1.29, 1.82) is 0 Å². The summed E-state index contributed by atoms with van der Waals surface area (Å²) in [6, 6.07) is 59.9. The van der Waals surface area contributed by atoms with E-state index in [0.717, 1.165) is 50.4 Å². The third kappa shape index (κ3) is 4.48. The Balaban J connectivity index is 1.09. The average molecular weight is 724 g/mol. The Bertz CT molecular complexity index is 3290. The molecule has 260 valence electrons. The molecule has 4 heterocycles. The topological polar surface area (TPSA) is 26.2 Å². The summed E-state index contributed by atoms with van der Waals surface area (Å²) >= 11 is 1.85. The molecule has 1 aliphatic heterocycles. The lowest BCUT2D eigenvalue weighted by atomic mass is 10.1. The van der Waals surface area contributed by atoms with Gasteiger partial charge in [0.05, 0.1) is 33.4 Å². The summed E-state index contributed by atoms with van der Waals surface area (Å²) in [6.45, 7) is 4.36. The highest BCUT2D eigenvalue weighted by Crippen LogP contribution is 2.53. The van der Waals surface area contributed by atoms with Crippen molar-refractivity contribution < 1.29 is 4.42 Å². The second-order valence-electron chi connectivity index (χ2n) is 14.8. The molecule has 0 aliphatic carbocycles. The number of benzene rings is 8. The molecule has 0 atom stereocenters. The van der Waals surface area contributed by atoms with Crippen LogP contribution in [-0.4, -0.2) is 9.13 Å². The molecule has 0 saturated carbocycles. The Labute approximate surface area is 321 Å². The van der Waals surface area contributed by atoms with Gasteiger partial charge in [-0.1, -0.05) is 89.6 Å². The quantitative estimate of drug-likeness (QED) is 0.182. The van der Waals surface area contributed by atoms with Gasteiger partial charge in [-0.3, -0.25) is 0 Å². The first kappa shape index (κ1) is 30.7. The van der Waals surface area contributed by atoms with Crippen molar-refractivity contribution in [3.05, 3.63) is 175 Å². The van der Waals surface area contributed by atoms with Gasteiger partial charge in [0.2, 0.25) is 0 Å². The number of hydrogen-bond acceptors (Lipinski definition) is 3. The summed E-state index contributed by atoms with van der Waals surface area (Å²) in [5.41, 5.74) is 14.9. The second kappa shape index (κ2) is 11.4. The minimum absolute atomic E-state index is 0.894. The number of anilines is 3.